The van der Waals surface area contributed by atoms with E-state index < -0.39 is 0 Å². The monoisotopic (exact) mass is 336 g/mol. The molecule has 0 aliphatic rings. The molecule has 0 fully saturated rings. The summed E-state index contributed by atoms with van der Waals surface area (Å²) in [5.41, 5.74) is 1.86. The molecule has 0 saturated heterocycles. The molecule has 0 aliphatic carbocycles. The fourth-order valence-electron chi connectivity index (χ4n) is 2.47. The third-order valence-electron chi connectivity index (χ3n) is 4.03. The smallest absolute Gasteiger partial charge is 0.227 e. The fraction of sp³-hybridized carbons (Fsp3) is 0.211. The van der Waals surface area contributed by atoms with Gasteiger partial charge in [0, 0.05) is 25.1 Å². The first kappa shape index (κ1) is 16.7. The summed E-state index contributed by atoms with van der Waals surface area (Å²) in [5, 5.41) is 2.95. The highest BCUT2D eigenvalue weighted by Crippen LogP contribution is 2.20. The van der Waals surface area contributed by atoms with E-state index >= 15 is 0 Å². The topological polar surface area (TPSA) is 69.0 Å². The van der Waals surface area contributed by atoms with Crippen molar-refractivity contribution in [3.05, 3.63) is 72.4 Å². The number of methoxy groups -OCH3 is 1. The lowest BCUT2D eigenvalue weighted by Gasteiger charge is -2.13. The molecule has 0 spiro atoms. The molecule has 1 unspecified atom stereocenters. The van der Waals surface area contributed by atoms with Crippen LogP contribution in [0.25, 0.3) is 5.82 Å². The molecule has 6 nitrogen and oxygen atoms in total. The van der Waals surface area contributed by atoms with Crippen molar-refractivity contribution in [2.75, 3.05) is 7.11 Å². The molecule has 3 aromatic rings. The Hall–Kier alpha value is -3.15. The third kappa shape index (κ3) is 4.03. The second-order valence-corrected chi connectivity index (χ2v) is 5.71. The van der Waals surface area contributed by atoms with Gasteiger partial charge in [-0.1, -0.05) is 18.2 Å². The molecule has 1 aromatic carbocycles. The molecule has 25 heavy (non-hydrogen) atoms. The van der Waals surface area contributed by atoms with Crippen molar-refractivity contribution in [2.45, 2.75) is 19.4 Å². The molecule has 2 aromatic heterocycles. The van der Waals surface area contributed by atoms with Crippen LogP contribution < -0.4 is 10.1 Å². The molecule has 0 aliphatic heterocycles. The lowest BCUT2D eigenvalue weighted by Crippen LogP contribution is -2.27. The minimum Gasteiger partial charge on any atom is -0.497 e. The first-order chi connectivity index (χ1) is 12.2. The third-order valence-corrected chi connectivity index (χ3v) is 4.03. The van der Waals surface area contributed by atoms with Gasteiger partial charge in [0.2, 0.25) is 5.91 Å². The van der Waals surface area contributed by atoms with Gasteiger partial charge < -0.3 is 10.1 Å². The largest absolute Gasteiger partial charge is 0.497 e. The van der Waals surface area contributed by atoms with Gasteiger partial charge in [-0.05, 0) is 36.2 Å². The van der Waals surface area contributed by atoms with E-state index in [1.165, 1.54) is 0 Å². The van der Waals surface area contributed by atoms with Gasteiger partial charge in [-0.2, -0.15) is 0 Å². The van der Waals surface area contributed by atoms with Gasteiger partial charge in [0.1, 0.15) is 17.9 Å². The number of aromatic nitrogens is 3. The number of carbonyl (C=O) groups is 1. The number of imidazole rings is 1. The number of nitrogens with one attached hydrogen (secondary N) is 1. The van der Waals surface area contributed by atoms with E-state index in [4.69, 9.17) is 4.74 Å². The summed E-state index contributed by atoms with van der Waals surface area (Å²) in [6.07, 6.45) is 6.99. The number of hydrogen-bond acceptors (Lipinski definition) is 4. The number of carbonyl (C=O) groups excluding carboxylic acids is 1. The van der Waals surface area contributed by atoms with Crippen LogP contribution in [0.5, 0.6) is 5.75 Å². The summed E-state index contributed by atoms with van der Waals surface area (Å²) < 4.78 is 7.04. The van der Waals surface area contributed by atoms with Crippen LogP contribution in [-0.2, 0) is 11.3 Å². The summed E-state index contributed by atoms with van der Waals surface area (Å²) in [4.78, 5) is 20.8. The van der Waals surface area contributed by atoms with E-state index in [-0.39, 0.29) is 11.8 Å². The first-order valence-corrected chi connectivity index (χ1v) is 8.02. The molecule has 6 heteroatoms. The van der Waals surface area contributed by atoms with Gasteiger partial charge in [-0.3, -0.25) is 9.36 Å². The average Bonchev–Trinajstić information content (AvgIpc) is 3.20. The maximum absolute atomic E-state index is 12.4. The summed E-state index contributed by atoms with van der Waals surface area (Å²) in [6.45, 7) is 2.31. The normalized spacial score (nSPS) is 11.8. The number of ether oxygens (including phenoxy) is 1. The van der Waals surface area contributed by atoms with E-state index in [2.05, 4.69) is 15.3 Å². The van der Waals surface area contributed by atoms with E-state index in [0.29, 0.717) is 6.54 Å². The zero-order valence-corrected chi connectivity index (χ0v) is 14.2. The SMILES string of the molecule is COc1cccc(C(C)C(=O)NCc2ccc(-n3ccnc3)nc2)c1. The van der Waals surface area contributed by atoms with Gasteiger partial charge in [0.15, 0.2) is 0 Å². The number of nitrogens with zero attached hydrogens (tertiary/aromatic N) is 3. The van der Waals surface area contributed by atoms with Crippen molar-refractivity contribution in [2.24, 2.45) is 0 Å². The van der Waals surface area contributed by atoms with E-state index in [1.807, 2.05) is 54.1 Å². The van der Waals surface area contributed by atoms with Crippen molar-refractivity contribution >= 4 is 5.91 Å². The molecule has 1 atom stereocenters. The van der Waals surface area contributed by atoms with Crippen LogP contribution in [0, 0.1) is 0 Å². The number of amides is 1. The van der Waals surface area contributed by atoms with Crippen molar-refractivity contribution < 1.29 is 9.53 Å². The molecule has 1 N–H and O–H groups in total. The van der Waals surface area contributed by atoms with Crippen LogP contribution in [0.2, 0.25) is 0 Å². The first-order valence-electron chi connectivity index (χ1n) is 8.02. The number of rotatable bonds is 6. The van der Waals surface area contributed by atoms with E-state index in [1.54, 1.807) is 25.8 Å². The Labute approximate surface area is 146 Å². The summed E-state index contributed by atoms with van der Waals surface area (Å²) in [7, 11) is 1.62. The molecule has 2 heterocycles. The molecule has 3 rings (SSSR count). The van der Waals surface area contributed by atoms with Gasteiger partial charge in [-0.15, -0.1) is 0 Å². The average molecular weight is 336 g/mol. The highest BCUT2D eigenvalue weighted by atomic mass is 16.5. The maximum Gasteiger partial charge on any atom is 0.227 e. The molecule has 0 radical (unpaired) electrons. The molecule has 1 amide bonds. The lowest BCUT2D eigenvalue weighted by atomic mass is 10.00. The molecule has 128 valence electrons. The predicted molar refractivity (Wildman–Crippen MR) is 94.6 cm³/mol. The van der Waals surface area contributed by atoms with Crippen LogP contribution in [0.4, 0.5) is 0 Å². The van der Waals surface area contributed by atoms with E-state index in [0.717, 1.165) is 22.7 Å². The molecular formula is C19H20N4O2. The summed E-state index contributed by atoms with van der Waals surface area (Å²) in [5.74, 6) is 1.24. The van der Waals surface area contributed by atoms with Crippen LogP contribution in [0.3, 0.4) is 0 Å². The van der Waals surface area contributed by atoms with Crippen molar-refractivity contribution in [3.63, 3.8) is 0 Å². The summed E-state index contributed by atoms with van der Waals surface area (Å²) in [6, 6.07) is 11.4. The van der Waals surface area contributed by atoms with E-state index in [9.17, 15) is 4.79 Å². The Morgan fingerprint density at radius 1 is 1.32 bits per heavy atom. The van der Waals surface area contributed by atoms with Crippen molar-refractivity contribution in [1.29, 1.82) is 0 Å². The van der Waals surface area contributed by atoms with Gasteiger partial charge in [0.25, 0.3) is 0 Å². The van der Waals surface area contributed by atoms with Crippen LogP contribution in [-0.4, -0.2) is 27.6 Å². The minimum absolute atomic E-state index is 0.0352. The van der Waals surface area contributed by atoms with Gasteiger partial charge >= 0.3 is 0 Å². The summed E-state index contributed by atoms with van der Waals surface area (Å²) >= 11 is 0. The number of pyridine rings is 1. The van der Waals surface area contributed by atoms with Gasteiger partial charge in [0.05, 0.1) is 13.0 Å². The highest BCUT2D eigenvalue weighted by molar-refractivity contribution is 5.83. The Bertz CT molecular complexity index is 829. The van der Waals surface area contributed by atoms with Crippen molar-refractivity contribution in [1.82, 2.24) is 19.9 Å². The quantitative estimate of drug-likeness (QED) is 0.751. The molecular weight excluding hydrogens is 316 g/mol. The second kappa shape index (κ2) is 7.61. The predicted octanol–water partition coefficient (Wildman–Crippen LogP) is 2.70. The van der Waals surface area contributed by atoms with Crippen molar-refractivity contribution in [3.8, 4) is 11.6 Å². The number of benzene rings is 1. The maximum atomic E-state index is 12.4. The second-order valence-electron chi connectivity index (χ2n) is 5.71. The Kier molecular flexibility index (Phi) is 5.09. The standard InChI is InChI=1S/C19H20N4O2/c1-14(16-4-3-5-17(10-16)25-2)19(24)22-12-15-6-7-18(21-11-15)23-9-8-20-13-23/h3-11,13-14H,12H2,1-2H3,(H,22,24). The molecule has 0 saturated carbocycles. The Morgan fingerprint density at radius 2 is 2.20 bits per heavy atom. The number of hydrogen-bond donors (Lipinski definition) is 1. The van der Waals surface area contributed by atoms with Gasteiger partial charge in [-0.25, -0.2) is 9.97 Å². The highest BCUT2D eigenvalue weighted by Gasteiger charge is 2.15. The van der Waals surface area contributed by atoms with Crippen LogP contribution >= 0.6 is 0 Å². The zero-order chi connectivity index (χ0) is 17.6. The molecule has 0 bridgehead atoms. The lowest BCUT2D eigenvalue weighted by molar-refractivity contribution is -0.122. The van der Waals surface area contributed by atoms with Crippen LogP contribution in [0.1, 0.15) is 24.0 Å². The Balaban J connectivity index is 1.59. The fourth-order valence-corrected chi connectivity index (χ4v) is 2.47. The van der Waals surface area contributed by atoms with Crippen LogP contribution in [0.15, 0.2) is 61.3 Å². The Morgan fingerprint density at radius 3 is 2.88 bits per heavy atom. The minimum atomic E-state index is -0.256. The zero-order valence-electron chi connectivity index (χ0n) is 14.2.